The Labute approximate surface area is 113 Å². The molecule has 1 N–H and O–H groups in total. The van der Waals surface area contributed by atoms with Gasteiger partial charge in [-0.25, -0.2) is 0 Å². The SMILES string of the molecule is Cc1ccc(N(CCC(=O)O)c2ccccc2)cc1. The van der Waals surface area contributed by atoms with Crippen LogP contribution >= 0.6 is 0 Å². The molecule has 2 aromatic rings. The molecular formula is C16H17NO2. The lowest BCUT2D eigenvalue weighted by Crippen LogP contribution is -2.20. The lowest BCUT2D eigenvalue weighted by atomic mass is 10.2. The summed E-state index contributed by atoms with van der Waals surface area (Å²) < 4.78 is 0. The van der Waals surface area contributed by atoms with Crippen molar-refractivity contribution in [2.75, 3.05) is 11.4 Å². The molecule has 3 nitrogen and oxygen atoms in total. The van der Waals surface area contributed by atoms with Gasteiger partial charge in [0, 0.05) is 17.9 Å². The van der Waals surface area contributed by atoms with Gasteiger partial charge in [0.25, 0.3) is 0 Å². The van der Waals surface area contributed by atoms with Crippen molar-refractivity contribution in [3.8, 4) is 0 Å². The summed E-state index contributed by atoms with van der Waals surface area (Å²) in [4.78, 5) is 12.8. The third-order valence-electron chi connectivity index (χ3n) is 2.96. The lowest BCUT2D eigenvalue weighted by Gasteiger charge is -2.24. The van der Waals surface area contributed by atoms with Crippen molar-refractivity contribution in [1.82, 2.24) is 0 Å². The smallest absolute Gasteiger partial charge is 0.305 e. The average Bonchev–Trinajstić information content (AvgIpc) is 2.42. The second-order valence-corrected chi connectivity index (χ2v) is 4.47. The summed E-state index contributed by atoms with van der Waals surface area (Å²) in [7, 11) is 0. The zero-order valence-electron chi connectivity index (χ0n) is 10.9. The summed E-state index contributed by atoms with van der Waals surface area (Å²) in [6, 6.07) is 17.9. The minimum atomic E-state index is -0.784. The fraction of sp³-hybridized carbons (Fsp3) is 0.188. The van der Waals surface area contributed by atoms with Gasteiger partial charge in [0.15, 0.2) is 0 Å². The molecule has 0 bridgehead atoms. The van der Waals surface area contributed by atoms with Gasteiger partial charge in [-0.1, -0.05) is 35.9 Å². The molecule has 0 spiro atoms. The average molecular weight is 255 g/mol. The number of carboxylic acids is 1. The Bertz CT molecular complexity index is 534. The molecule has 98 valence electrons. The maximum Gasteiger partial charge on any atom is 0.305 e. The van der Waals surface area contributed by atoms with E-state index in [1.807, 2.05) is 66.4 Å². The maximum absolute atomic E-state index is 10.8. The highest BCUT2D eigenvalue weighted by molar-refractivity contribution is 5.70. The molecule has 0 saturated heterocycles. The Hall–Kier alpha value is -2.29. The summed E-state index contributed by atoms with van der Waals surface area (Å²) in [6.45, 7) is 2.50. The van der Waals surface area contributed by atoms with E-state index in [4.69, 9.17) is 5.11 Å². The van der Waals surface area contributed by atoms with Crippen LogP contribution in [0, 0.1) is 6.92 Å². The van der Waals surface area contributed by atoms with Crippen LogP contribution in [0.1, 0.15) is 12.0 Å². The highest BCUT2D eigenvalue weighted by Crippen LogP contribution is 2.25. The van der Waals surface area contributed by atoms with E-state index in [0.29, 0.717) is 6.54 Å². The van der Waals surface area contributed by atoms with Gasteiger partial charge in [0.2, 0.25) is 0 Å². The van der Waals surface area contributed by atoms with E-state index in [-0.39, 0.29) is 6.42 Å². The van der Waals surface area contributed by atoms with E-state index in [1.54, 1.807) is 0 Å². The number of benzene rings is 2. The molecule has 2 rings (SSSR count). The number of aryl methyl sites for hydroxylation is 1. The predicted octanol–water partition coefficient (Wildman–Crippen LogP) is 3.61. The van der Waals surface area contributed by atoms with E-state index >= 15 is 0 Å². The van der Waals surface area contributed by atoms with Crippen LogP contribution in [0.25, 0.3) is 0 Å². The van der Waals surface area contributed by atoms with Crippen LogP contribution in [-0.4, -0.2) is 17.6 Å². The molecular weight excluding hydrogens is 238 g/mol. The summed E-state index contributed by atoms with van der Waals surface area (Å²) in [6.07, 6.45) is 0.114. The van der Waals surface area contributed by atoms with E-state index in [2.05, 4.69) is 0 Å². The monoisotopic (exact) mass is 255 g/mol. The molecule has 2 aromatic carbocycles. The number of aliphatic carboxylic acids is 1. The molecule has 19 heavy (non-hydrogen) atoms. The number of hydrogen-bond acceptors (Lipinski definition) is 2. The molecule has 0 atom stereocenters. The number of hydrogen-bond donors (Lipinski definition) is 1. The Morgan fingerprint density at radius 2 is 1.58 bits per heavy atom. The number of rotatable bonds is 5. The molecule has 0 unspecified atom stereocenters. The van der Waals surface area contributed by atoms with E-state index < -0.39 is 5.97 Å². The largest absolute Gasteiger partial charge is 0.481 e. The molecule has 0 aromatic heterocycles. The van der Waals surface area contributed by atoms with Crippen LogP contribution in [-0.2, 0) is 4.79 Å². The van der Waals surface area contributed by atoms with Gasteiger partial charge in [-0.05, 0) is 31.2 Å². The third-order valence-corrected chi connectivity index (χ3v) is 2.96. The first-order valence-corrected chi connectivity index (χ1v) is 6.28. The van der Waals surface area contributed by atoms with Crippen molar-refractivity contribution in [3.05, 3.63) is 60.2 Å². The van der Waals surface area contributed by atoms with Crippen molar-refractivity contribution in [2.45, 2.75) is 13.3 Å². The van der Waals surface area contributed by atoms with Gasteiger partial charge in [-0.2, -0.15) is 0 Å². The molecule has 0 aliphatic heterocycles. The molecule has 0 radical (unpaired) electrons. The van der Waals surface area contributed by atoms with Crippen molar-refractivity contribution in [2.24, 2.45) is 0 Å². The number of carboxylic acid groups (broad SMARTS) is 1. The molecule has 0 amide bonds. The fourth-order valence-corrected chi connectivity index (χ4v) is 1.95. The van der Waals surface area contributed by atoms with Crippen molar-refractivity contribution in [3.63, 3.8) is 0 Å². The highest BCUT2D eigenvalue weighted by Gasteiger charge is 2.10. The van der Waals surface area contributed by atoms with Gasteiger partial charge in [-0.15, -0.1) is 0 Å². The van der Waals surface area contributed by atoms with Crippen LogP contribution in [0.15, 0.2) is 54.6 Å². The third kappa shape index (κ3) is 3.58. The van der Waals surface area contributed by atoms with Gasteiger partial charge in [0.1, 0.15) is 0 Å². The van der Waals surface area contributed by atoms with Gasteiger partial charge < -0.3 is 10.0 Å². The highest BCUT2D eigenvalue weighted by atomic mass is 16.4. The Kier molecular flexibility index (Phi) is 4.18. The molecule has 0 fully saturated rings. The molecule has 0 saturated carbocycles. The summed E-state index contributed by atoms with van der Waals surface area (Å²) >= 11 is 0. The summed E-state index contributed by atoms with van der Waals surface area (Å²) in [5.41, 5.74) is 3.21. The van der Waals surface area contributed by atoms with E-state index in [0.717, 1.165) is 11.4 Å². The van der Waals surface area contributed by atoms with Gasteiger partial charge in [0.05, 0.1) is 6.42 Å². The molecule has 0 aliphatic rings. The standard InChI is InChI=1S/C16H17NO2/c1-13-7-9-15(10-8-13)17(12-11-16(18)19)14-5-3-2-4-6-14/h2-10H,11-12H2,1H3,(H,18,19). The van der Waals surface area contributed by atoms with Crippen molar-refractivity contribution < 1.29 is 9.90 Å². The molecule has 0 aliphatic carbocycles. The molecule has 0 heterocycles. The first-order chi connectivity index (χ1) is 9.16. The summed E-state index contributed by atoms with van der Waals surface area (Å²) in [5.74, 6) is -0.784. The van der Waals surface area contributed by atoms with E-state index in [9.17, 15) is 4.79 Å². The van der Waals surface area contributed by atoms with E-state index in [1.165, 1.54) is 5.56 Å². The van der Waals surface area contributed by atoms with Crippen LogP contribution in [0.5, 0.6) is 0 Å². The lowest BCUT2D eigenvalue weighted by molar-refractivity contribution is -0.136. The number of nitrogens with zero attached hydrogens (tertiary/aromatic N) is 1. The number of carbonyl (C=O) groups is 1. The normalized spacial score (nSPS) is 10.2. The van der Waals surface area contributed by atoms with Crippen LogP contribution < -0.4 is 4.90 Å². The Morgan fingerprint density at radius 3 is 2.16 bits per heavy atom. The molecule has 3 heteroatoms. The zero-order valence-corrected chi connectivity index (χ0v) is 10.9. The first-order valence-electron chi connectivity index (χ1n) is 6.28. The fourth-order valence-electron chi connectivity index (χ4n) is 1.95. The quantitative estimate of drug-likeness (QED) is 0.887. The van der Waals surface area contributed by atoms with Crippen LogP contribution in [0.4, 0.5) is 11.4 Å². The second-order valence-electron chi connectivity index (χ2n) is 4.47. The predicted molar refractivity (Wildman–Crippen MR) is 76.9 cm³/mol. The first kappa shape index (κ1) is 13.1. The maximum atomic E-state index is 10.8. The Morgan fingerprint density at radius 1 is 1.00 bits per heavy atom. The minimum Gasteiger partial charge on any atom is -0.481 e. The Balaban J connectivity index is 2.28. The number of para-hydroxylation sites is 1. The van der Waals surface area contributed by atoms with Gasteiger partial charge in [-0.3, -0.25) is 4.79 Å². The van der Waals surface area contributed by atoms with Crippen LogP contribution in [0.2, 0.25) is 0 Å². The minimum absolute atomic E-state index is 0.114. The topological polar surface area (TPSA) is 40.5 Å². The number of anilines is 2. The summed E-state index contributed by atoms with van der Waals surface area (Å²) in [5, 5.41) is 8.87. The second kappa shape index (κ2) is 6.05. The van der Waals surface area contributed by atoms with Crippen LogP contribution in [0.3, 0.4) is 0 Å². The van der Waals surface area contributed by atoms with Gasteiger partial charge >= 0.3 is 5.97 Å². The van der Waals surface area contributed by atoms with Crippen molar-refractivity contribution in [1.29, 1.82) is 0 Å². The van der Waals surface area contributed by atoms with Crippen molar-refractivity contribution >= 4 is 17.3 Å². The zero-order chi connectivity index (χ0) is 13.7.